The number of hydrogen-bond donors (Lipinski definition) is 7. The predicted octanol–water partition coefficient (Wildman–Crippen LogP) is 1.54. The Morgan fingerprint density at radius 1 is 0.964 bits per heavy atom. The first-order chi connectivity index (χ1) is 25.4. The number of nitrogens with one attached hydrogen (secondary N) is 2. The van der Waals surface area contributed by atoms with E-state index in [2.05, 4.69) is 10.6 Å². The van der Waals surface area contributed by atoms with Gasteiger partial charge in [-0.2, -0.15) is 0 Å². The van der Waals surface area contributed by atoms with Gasteiger partial charge in [-0.05, 0) is 101 Å². The molecule has 15 nitrogen and oxygen atoms in total. The van der Waals surface area contributed by atoms with Gasteiger partial charge in [0.05, 0.1) is 35.9 Å². The summed E-state index contributed by atoms with van der Waals surface area (Å²) in [5.74, 6) is -2.66. The number of aliphatic hydroxyl groups excluding tert-OH is 2. The number of rotatable bonds is 10. The average Bonchev–Trinajstić information content (AvgIpc) is 3.11. The fourth-order valence-electron chi connectivity index (χ4n) is 9.07. The molecule has 0 unspecified atom stereocenters. The Balaban J connectivity index is 2.17. The van der Waals surface area contributed by atoms with Crippen LogP contribution < -0.4 is 10.6 Å². The number of carbonyl (C=O) groups excluding carboxylic acids is 1. The zero-order chi connectivity index (χ0) is 41.8. The van der Waals surface area contributed by atoms with E-state index in [-0.39, 0.29) is 43.9 Å². The first kappa shape index (κ1) is 48.3. The highest BCUT2D eigenvalue weighted by atomic mass is 16.7. The molecule has 3 fully saturated rings. The van der Waals surface area contributed by atoms with Crippen LogP contribution in [0.3, 0.4) is 0 Å². The molecule has 0 saturated carbocycles. The molecule has 324 valence electrons. The van der Waals surface area contributed by atoms with Gasteiger partial charge in [-0.25, -0.2) is 0 Å². The van der Waals surface area contributed by atoms with Crippen molar-refractivity contribution in [1.29, 1.82) is 0 Å². The Bertz CT molecular complexity index is 1210. The number of methoxy groups -OCH3 is 1. The number of cyclic esters (lactones) is 1. The minimum absolute atomic E-state index is 0.0915. The van der Waals surface area contributed by atoms with Gasteiger partial charge in [0.15, 0.2) is 12.6 Å². The molecule has 15 heteroatoms. The average molecular weight is 792 g/mol. The molecule has 0 amide bonds. The van der Waals surface area contributed by atoms with Crippen molar-refractivity contribution in [1.82, 2.24) is 15.5 Å². The highest BCUT2D eigenvalue weighted by Gasteiger charge is 2.58. The Morgan fingerprint density at radius 2 is 1.60 bits per heavy atom. The summed E-state index contributed by atoms with van der Waals surface area (Å²) in [6.07, 6.45) is -7.58. The molecule has 0 radical (unpaired) electrons. The van der Waals surface area contributed by atoms with Gasteiger partial charge in [-0.3, -0.25) is 4.79 Å². The summed E-state index contributed by atoms with van der Waals surface area (Å²) in [6.45, 7) is 20.7. The number of esters is 1. The van der Waals surface area contributed by atoms with E-state index in [9.17, 15) is 30.3 Å². The second-order valence-electron chi connectivity index (χ2n) is 17.8. The SMILES string of the molecule is CCNC[C@@]1(O)[C@H](C)O[C@@H](O[C@H]2[C@H](C)[C@@H](O[C@@H]3O[C@H](C)C[C@H](N(C)C)[C@H]3O)[C@@](C)(O)C[C@@H](C)CN[C@H](C)[C@@H](O)[C@](C)(O)[C@@H](CC)OC(=O)[C@@H]2C)C[C@@]1(C)OC. The molecule has 3 rings (SSSR count). The highest BCUT2D eigenvalue weighted by molar-refractivity contribution is 5.73. The van der Waals surface area contributed by atoms with Crippen LogP contribution in [0.25, 0.3) is 0 Å². The van der Waals surface area contributed by atoms with Crippen molar-refractivity contribution < 1.29 is 58.7 Å². The van der Waals surface area contributed by atoms with E-state index in [1.54, 1.807) is 41.5 Å². The smallest absolute Gasteiger partial charge is 0.311 e. The van der Waals surface area contributed by atoms with Crippen LogP contribution in [0, 0.1) is 17.8 Å². The standard InChI is InChI=1S/C40H77N3O12/c1-15-29-39(11,48)33(45)26(7)42-20-22(3)18-37(9,47)34(55-36-31(44)28(43(12)13)17-23(4)51-36)24(5)32(25(6)35(46)53-29)54-30-19-38(10,50-14)40(49,21-41-16-2)27(8)52-30/h22-34,36,41-42,44-45,47-49H,15-21H2,1-14H3/t22-,23-,24+,25-,26-,27+,28+,29-,30+,31-,32+,33-,34-,36+,37+,38-,39-,40-/m1/s1. The van der Waals surface area contributed by atoms with Gasteiger partial charge in [0.2, 0.25) is 0 Å². The van der Waals surface area contributed by atoms with Gasteiger partial charge in [0.1, 0.15) is 35.1 Å². The van der Waals surface area contributed by atoms with Crippen LogP contribution in [0.2, 0.25) is 0 Å². The zero-order valence-electron chi connectivity index (χ0n) is 36.1. The first-order valence-corrected chi connectivity index (χ1v) is 20.4. The lowest BCUT2D eigenvalue weighted by Gasteiger charge is -2.53. The molecule has 55 heavy (non-hydrogen) atoms. The van der Waals surface area contributed by atoms with Crippen molar-refractivity contribution in [2.75, 3.05) is 40.8 Å². The molecule has 3 aliphatic heterocycles. The van der Waals surface area contributed by atoms with Crippen LogP contribution in [0.4, 0.5) is 0 Å². The predicted molar refractivity (Wildman–Crippen MR) is 207 cm³/mol. The van der Waals surface area contributed by atoms with Crippen LogP contribution in [0.15, 0.2) is 0 Å². The molecule has 0 aromatic heterocycles. The summed E-state index contributed by atoms with van der Waals surface area (Å²) in [6, 6.07) is -0.876. The molecular weight excluding hydrogens is 714 g/mol. The van der Waals surface area contributed by atoms with Gasteiger partial charge in [-0.15, -0.1) is 0 Å². The first-order valence-electron chi connectivity index (χ1n) is 20.4. The van der Waals surface area contributed by atoms with Crippen molar-refractivity contribution in [3.05, 3.63) is 0 Å². The van der Waals surface area contributed by atoms with Crippen LogP contribution >= 0.6 is 0 Å². The monoisotopic (exact) mass is 792 g/mol. The zero-order valence-corrected chi connectivity index (χ0v) is 36.1. The molecule has 0 aromatic carbocycles. The van der Waals surface area contributed by atoms with Crippen molar-refractivity contribution in [2.45, 2.75) is 192 Å². The minimum Gasteiger partial charge on any atom is -0.459 e. The lowest BCUT2D eigenvalue weighted by atomic mass is 9.75. The molecule has 0 aromatic rings. The molecule has 3 aliphatic rings. The highest BCUT2D eigenvalue weighted by Crippen LogP contribution is 2.43. The third-order valence-corrected chi connectivity index (χ3v) is 12.8. The van der Waals surface area contributed by atoms with Crippen LogP contribution in [0.1, 0.15) is 102 Å². The van der Waals surface area contributed by atoms with E-state index in [0.29, 0.717) is 19.5 Å². The lowest BCUT2D eigenvalue weighted by Crippen LogP contribution is -2.70. The third kappa shape index (κ3) is 10.8. The van der Waals surface area contributed by atoms with Crippen molar-refractivity contribution in [2.24, 2.45) is 17.8 Å². The number of carbonyl (C=O) groups is 1. The van der Waals surface area contributed by atoms with Crippen molar-refractivity contribution in [3.8, 4) is 0 Å². The van der Waals surface area contributed by atoms with Gasteiger partial charge >= 0.3 is 5.97 Å². The molecule has 7 N–H and O–H groups in total. The topological polar surface area (TPSA) is 201 Å². The minimum atomic E-state index is -1.81. The van der Waals surface area contributed by atoms with Crippen LogP contribution in [0.5, 0.6) is 0 Å². The summed E-state index contributed by atoms with van der Waals surface area (Å²) < 4.78 is 38.2. The van der Waals surface area contributed by atoms with Crippen LogP contribution in [-0.2, 0) is 33.2 Å². The molecule has 18 atom stereocenters. The summed E-state index contributed by atoms with van der Waals surface area (Å²) in [4.78, 5) is 16.2. The lowest BCUT2D eigenvalue weighted by molar-refractivity contribution is -0.336. The van der Waals surface area contributed by atoms with E-state index >= 15 is 0 Å². The number of ether oxygens (including phenoxy) is 6. The summed E-state index contributed by atoms with van der Waals surface area (Å²) >= 11 is 0. The van der Waals surface area contributed by atoms with Crippen LogP contribution in [-0.4, -0.2) is 167 Å². The van der Waals surface area contributed by atoms with E-state index in [1.807, 2.05) is 46.7 Å². The second-order valence-corrected chi connectivity index (χ2v) is 17.8. The van der Waals surface area contributed by atoms with E-state index in [1.165, 1.54) is 14.0 Å². The van der Waals surface area contributed by atoms with Crippen molar-refractivity contribution >= 4 is 5.97 Å². The summed E-state index contributed by atoms with van der Waals surface area (Å²) in [5.41, 5.74) is -5.95. The normalized spacial score (nSPS) is 48.5. The van der Waals surface area contributed by atoms with Gasteiger partial charge in [0, 0.05) is 38.1 Å². The fourth-order valence-corrected chi connectivity index (χ4v) is 9.07. The number of hydrogen-bond acceptors (Lipinski definition) is 15. The van der Waals surface area contributed by atoms with Gasteiger partial charge in [-0.1, -0.05) is 27.7 Å². The summed E-state index contributed by atoms with van der Waals surface area (Å²) in [5, 5.41) is 65.5. The fraction of sp³-hybridized carbons (Fsp3) is 0.975. The maximum absolute atomic E-state index is 14.3. The summed E-state index contributed by atoms with van der Waals surface area (Å²) in [7, 11) is 5.29. The molecule has 0 aliphatic carbocycles. The molecule has 0 bridgehead atoms. The quantitative estimate of drug-likeness (QED) is 0.157. The van der Waals surface area contributed by atoms with Crippen molar-refractivity contribution in [3.63, 3.8) is 0 Å². The van der Waals surface area contributed by atoms with E-state index < -0.39 is 95.5 Å². The Morgan fingerprint density at radius 3 is 2.16 bits per heavy atom. The largest absolute Gasteiger partial charge is 0.459 e. The second kappa shape index (κ2) is 19.3. The number of likely N-dealkylation sites (N-methyl/N-ethyl adjacent to an activating group) is 2. The maximum atomic E-state index is 14.3. The molecular formula is C40H77N3O12. The Hall–Kier alpha value is -1.05. The third-order valence-electron chi connectivity index (χ3n) is 12.8. The number of nitrogens with zero attached hydrogens (tertiary/aromatic N) is 1. The Labute approximate surface area is 330 Å². The van der Waals surface area contributed by atoms with E-state index in [0.717, 1.165) is 0 Å². The van der Waals surface area contributed by atoms with E-state index in [4.69, 9.17) is 28.4 Å². The molecule has 3 heterocycles. The van der Waals surface area contributed by atoms with Gasteiger partial charge in [0.25, 0.3) is 0 Å². The number of aliphatic hydroxyl groups is 5. The molecule has 0 spiro atoms. The van der Waals surface area contributed by atoms with Gasteiger partial charge < -0.3 is 69.5 Å². The Kier molecular flexibility index (Phi) is 17.0. The maximum Gasteiger partial charge on any atom is 0.311 e. The molecule has 3 saturated heterocycles.